The Labute approximate surface area is 151 Å². The van der Waals surface area contributed by atoms with Crippen LogP contribution in [0.1, 0.15) is 10.4 Å². The first-order chi connectivity index (χ1) is 11.5. The van der Waals surface area contributed by atoms with E-state index in [1.54, 1.807) is 12.1 Å². The fraction of sp³-hybridized carbons (Fsp3) is 0. The summed E-state index contributed by atoms with van der Waals surface area (Å²) in [6.45, 7) is 0. The molecule has 0 fully saturated rings. The molecule has 0 aliphatic carbocycles. The van der Waals surface area contributed by atoms with E-state index in [2.05, 4.69) is 19.9 Å². The molecule has 0 atom stereocenters. The number of nitrogens with zero attached hydrogens (tertiary/aromatic N) is 4. The minimum atomic E-state index is -0.557. The Kier molecular flexibility index (Phi) is 6.54. The first-order valence-electron chi connectivity index (χ1n) is 6.37. The van der Waals surface area contributed by atoms with Gasteiger partial charge >= 0.3 is 0 Å². The lowest BCUT2D eigenvalue weighted by atomic mass is 10.1. The predicted octanol–water partition coefficient (Wildman–Crippen LogP) is 4.53. The lowest BCUT2D eigenvalue weighted by Gasteiger charge is -2.02. The van der Waals surface area contributed by atoms with E-state index >= 15 is 0 Å². The van der Waals surface area contributed by atoms with E-state index < -0.39 is 5.82 Å². The molecule has 3 aromatic rings. The number of benzene rings is 1. The van der Waals surface area contributed by atoms with Crippen LogP contribution in [-0.2, 0) is 0 Å². The van der Waals surface area contributed by atoms with Crippen LogP contribution in [0.2, 0.25) is 15.7 Å². The maximum Gasteiger partial charge on any atom is 0.223 e. The Morgan fingerprint density at radius 2 is 1.58 bits per heavy atom. The molecule has 3 rings (SSSR count). The van der Waals surface area contributed by atoms with E-state index in [0.29, 0.717) is 22.7 Å². The van der Waals surface area contributed by atoms with Crippen LogP contribution in [0, 0.1) is 5.82 Å². The van der Waals surface area contributed by atoms with Crippen molar-refractivity contribution in [2.45, 2.75) is 0 Å². The molecule has 0 bridgehead atoms. The number of carbonyl (C=O) groups excluding carboxylic acids is 1. The Morgan fingerprint density at radius 1 is 0.917 bits per heavy atom. The first-order valence-corrected chi connectivity index (χ1v) is 7.50. The SMILES string of the molecule is Clc1ccnc(Cl)n1.O=Cc1cc(-c2ccnc(Cl)n2)ccc1F. The van der Waals surface area contributed by atoms with Crippen molar-refractivity contribution in [3.63, 3.8) is 0 Å². The summed E-state index contributed by atoms with van der Waals surface area (Å²) < 4.78 is 13.1. The number of hydrogen-bond donors (Lipinski definition) is 0. The second kappa shape index (κ2) is 8.63. The van der Waals surface area contributed by atoms with Gasteiger partial charge in [-0.15, -0.1) is 0 Å². The summed E-state index contributed by atoms with van der Waals surface area (Å²) in [5, 5.41) is 0.650. The van der Waals surface area contributed by atoms with Crippen molar-refractivity contribution in [2.24, 2.45) is 0 Å². The molecule has 1 aromatic carbocycles. The van der Waals surface area contributed by atoms with Crippen LogP contribution >= 0.6 is 34.8 Å². The second-order valence-electron chi connectivity index (χ2n) is 4.21. The number of halogens is 4. The van der Waals surface area contributed by atoms with Crippen LogP contribution in [0.25, 0.3) is 11.3 Å². The molecular weight excluding hydrogens is 378 g/mol. The van der Waals surface area contributed by atoms with E-state index in [-0.39, 0.29) is 16.1 Å². The van der Waals surface area contributed by atoms with Gasteiger partial charge in [0.15, 0.2) is 6.29 Å². The Morgan fingerprint density at radius 3 is 2.12 bits per heavy atom. The smallest absolute Gasteiger partial charge is 0.223 e. The molecule has 5 nitrogen and oxygen atoms in total. The molecule has 0 N–H and O–H groups in total. The van der Waals surface area contributed by atoms with Crippen LogP contribution < -0.4 is 0 Å². The molecule has 0 radical (unpaired) electrons. The minimum absolute atomic E-state index is 0.00719. The lowest BCUT2D eigenvalue weighted by molar-refractivity contribution is 0.112. The van der Waals surface area contributed by atoms with E-state index in [0.717, 1.165) is 0 Å². The largest absolute Gasteiger partial charge is 0.298 e. The summed E-state index contributed by atoms with van der Waals surface area (Å²) in [6, 6.07) is 7.36. The van der Waals surface area contributed by atoms with Gasteiger partial charge in [-0.25, -0.2) is 24.3 Å². The number of rotatable bonds is 2. The maximum atomic E-state index is 13.1. The molecule has 0 spiro atoms. The van der Waals surface area contributed by atoms with Crippen molar-refractivity contribution in [3.8, 4) is 11.3 Å². The van der Waals surface area contributed by atoms with Crippen molar-refractivity contribution >= 4 is 41.1 Å². The molecule has 2 heterocycles. The van der Waals surface area contributed by atoms with E-state index in [1.165, 1.54) is 30.6 Å². The van der Waals surface area contributed by atoms with Gasteiger partial charge in [0.05, 0.1) is 11.3 Å². The van der Waals surface area contributed by atoms with Gasteiger partial charge in [0.2, 0.25) is 10.6 Å². The highest BCUT2D eigenvalue weighted by atomic mass is 35.5. The fourth-order valence-electron chi connectivity index (χ4n) is 1.60. The van der Waals surface area contributed by atoms with Crippen molar-refractivity contribution in [3.05, 3.63) is 69.8 Å². The molecule has 0 aliphatic rings. The highest BCUT2D eigenvalue weighted by molar-refractivity contribution is 6.31. The number of aromatic nitrogens is 4. The van der Waals surface area contributed by atoms with Crippen molar-refractivity contribution < 1.29 is 9.18 Å². The predicted molar refractivity (Wildman–Crippen MR) is 89.9 cm³/mol. The van der Waals surface area contributed by atoms with Gasteiger partial charge in [-0.1, -0.05) is 11.6 Å². The monoisotopic (exact) mass is 384 g/mol. The number of hydrogen-bond acceptors (Lipinski definition) is 5. The summed E-state index contributed by atoms with van der Waals surface area (Å²) in [7, 11) is 0. The van der Waals surface area contributed by atoms with Gasteiger partial charge in [0.25, 0.3) is 0 Å². The van der Waals surface area contributed by atoms with E-state index in [4.69, 9.17) is 34.8 Å². The maximum absolute atomic E-state index is 13.1. The van der Waals surface area contributed by atoms with Gasteiger partial charge in [-0.05, 0) is 53.5 Å². The standard InChI is InChI=1S/C11H6ClFN2O.C4H2Cl2N2/c12-11-14-4-3-10(15-11)7-1-2-9(13)8(5-7)6-16;5-3-1-2-7-4(6)8-3/h1-6H;1-2H. The molecule has 0 aliphatic heterocycles. The average molecular weight is 386 g/mol. The quantitative estimate of drug-likeness (QED) is 0.368. The lowest BCUT2D eigenvalue weighted by Crippen LogP contribution is -1.91. The molecule has 122 valence electrons. The van der Waals surface area contributed by atoms with Gasteiger partial charge in [0.1, 0.15) is 11.0 Å². The summed E-state index contributed by atoms with van der Waals surface area (Å²) in [5.41, 5.74) is 1.16. The van der Waals surface area contributed by atoms with Gasteiger partial charge in [-0.2, -0.15) is 0 Å². The van der Waals surface area contributed by atoms with Crippen molar-refractivity contribution in [2.75, 3.05) is 0 Å². The van der Waals surface area contributed by atoms with Crippen LogP contribution in [0.15, 0.2) is 42.7 Å². The van der Waals surface area contributed by atoms with Crippen molar-refractivity contribution in [1.82, 2.24) is 19.9 Å². The average Bonchev–Trinajstić information content (AvgIpc) is 2.55. The third-order valence-electron chi connectivity index (χ3n) is 2.64. The highest BCUT2D eigenvalue weighted by Crippen LogP contribution is 2.20. The molecule has 0 saturated carbocycles. The normalized spacial score (nSPS) is 9.83. The van der Waals surface area contributed by atoms with E-state index in [1.807, 2.05) is 0 Å². The summed E-state index contributed by atoms with van der Waals surface area (Å²) in [4.78, 5) is 25.5. The zero-order valence-corrected chi connectivity index (χ0v) is 14.1. The van der Waals surface area contributed by atoms with Crippen LogP contribution in [0.5, 0.6) is 0 Å². The Hall–Kier alpha value is -2.15. The zero-order valence-electron chi connectivity index (χ0n) is 11.8. The number of carbonyl (C=O) groups is 1. The van der Waals surface area contributed by atoms with Gasteiger partial charge < -0.3 is 0 Å². The van der Waals surface area contributed by atoms with Gasteiger partial charge in [0, 0.05) is 18.0 Å². The van der Waals surface area contributed by atoms with Crippen LogP contribution in [-0.4, -0.2) is 26.2 Å². The third-order valence-corrected chi connectivity index (χ3v) is 3.21. The van der Waals surface area contributed by atoms with E-state index in [9.17, 15) is 9.18 Å². The summed E-state index contributed by atoms with van der Waals surface area (Å²) >= 11 is 16.4. The number of aldehydes is 1. The fourth-order valence-corrected chi connectivity index (χ4v) is 2.08. The molecule has 24 heavy (non-hydrogen) atoms. The van der Waals surface area contributed by atoms with Crippen molar-refractivity contribution in [1.29, 1.82) is 0 Å². The summed E-state index contributed by atoms with van der Waals surface area (Å²) in [5.74, 6) is -0.557. The zero-order chi connectivity index (χ0) is 17.5. The Bertz CT molecular complexity index is 846. The topological polar surface area (TPSA) is 68.6 Å². The van der Waals surface area contributed by atoms with Crippen LogP contribution in [0.4, 0.5) is 4.39 Å². The van der Waals surface area contributed by atoms with Gasteiger partial charge in [-0.3, -0.25) is 4.79 Å². The molecular formula is C15H8Cl3FN4O. The first kappa shape index (κ1) is 18.2. The summed E-state index contributed by atoms with van der Waals surface area (Å²) in [6.07, 6.45) is 3.45. The molecule has 9 heteroatoms. The highest BCUT2D eigenvalue weighted by Gasteiger charge is 2.05. The minimum Gasteiger partial charge on any atom is -0.298 e. The third kappa shape index (κ3) is 5.19. The Balaban J connectivity index is 0.000000219. The second-order valence-corrected chi connectivity index (χ2v) is 5.28. The molecule has 2 aromatic heterocycles. The molecule has 0 unspecified atom stereocenters. The molecule has 0 amide bonds. The molecule has 0 saturated heterocycles. The van der Waals surface area contributed by atoms with Crippen LogP contribution in [0.3, 0.4) is 0 Å².